The van der Waals surface area contributed by atoms with Crippen molar-refractivity contribution < 1.29 is 9.47 Å². The first-order chi connectivity index (χ1) is 15.7. The normalized spacial score (nSPS) is 17.7. The zero-order chi connectivity index (χ0) is 22.3. The minimum atomic E-state index is 0.290. The number of allylic oxidation sites excluding steroid dienone is 1. The van der Waals surface area contributed by atoms with Crippen molar-refractivity contribution in [3.63, 3.8) is 0 Å². The summed E-state index contributed by atoms with van der Waals surface area (Å²) in [5.41, 5.74) is 10.8. The molecule has 2 aromatic heterocycles. The number of rotatable bonds is 6. The maximum atomic E-state index is 9.51. The number of fused-ring (bicyclic) bond motifs is 1. The molecule has 9 heteroatoms. The largest absolute Gasteiger partial charge is 0.480 e. The van der Waals surface area contributed by atoms with Gasteiger partial charge in [0.15, 0.2) is 0 Å². The van der Waals surface area contributed by atoms with Crippen LogP contribution in [-0.4, -0.2) is 60.9 Å². The molecule has 0 saturated carbocycles. The molecule has 0 radical (unpaired) electrons. The van der Waals surface area contributed by atoms with Crippen LogP contribution in [0.4, 0.5) is 0 Å². The van der Waals surface area contributed by atoms with Gasteiger partial charge in [-0.05, 0) is 44.3 Å². The van der Waals surface area contributed by atoms with Gasteiger partial charge in [0, 0.05) is 36.5 Å². The SMILES string of the molecule is COc1ncc(-n2nc3c(c2C(C=NCC2CCNCC2)=CN)CCOCC3)cc1C#N. The lowest BCUT2D eigenvalue weighted by atomic mass is 9.98. The van der Waals surface area contributed by atoms with E-state index in [4.69, 9.17) is 25.3 Å². The first kappa shape index (κ1) is 22.0. The van der Waals surface area contributed by atoms with E-state index in [-0.39, 0.29) is 5.88 Å². The van der Waals surface area contributed by atoms with Crippen LogP contribution < -0.4 is 15.8 Å². The van der Waals surface area contributed by atoms with E-state index in [1.54, 1.807) is 18.5 Å². The smallest absolute Gasteiger partial charge is 0.231 e. The topological polar surface area (TPSA) is 123 Å². The second kappa shape index (κ2) is 10.4. The zero-order valence-corrected chi connectivity index (χ0v) is 18.4. The molecule has 2 aromatic rings. The summed E-state index contributed by atoms with van der Waals surface area (Å²) in [5.74, 6) is 0.879. The molecule has 0 unspecified atom stereocenters. The van der Waals surface area contributed by atoms with Gasteiger partial charge in [-0.3, -0.25) is 4.99 Å². The Morgan fingerprint density at radius 1 is 1.41 bits per heavy atom. The van der Waals surface area contributed by atoms with Crippen molar-refractivity contribution in [2.75, 3.05) is 40.0 Å². The summed E-state index contributed by atoms with van der Waals surface area (Å²) < 4.78 is 12.7. The molecule has 0 aliphatic carbocycles. The van der Waals surface area contributed by atoms with Crippen LogP contribution >= 0.6 is 0 Å². The van der Waals surface area contributed by atoms with Crippen molar-refractivity contribution in [3.8, 4) is 17.6 Å². The van der Waals surface area contributed by atoms with Crippen LogP contribution in [-0.2, 0) is 17.6 Å². The van der Waals surface area contributed by atoms with Crippen LogP contribution in [0.1, 0.15) is 35.4 Å². The maximum absolute atomic E-state index is 9.51. The van der Waals surface area contributed by atoms with Crippen molar-refractivity contribution in [1.29, 1.82) is 5.26 Å². The molecule has 1 saturated heterocycles. The van der Waals surface area contributed by atoms with Gasteiger partial charge in [0.1, 0.15) is 11.6 Å². The number of nitrogens with two attached hydrogens (primary N) is 1. The molecule has 32 heavy (non-hydrogen) atoms. The van der Waals surface area contributed by atoms with Crippen LogP contribution in [0.25, 0.3) is 11.3 Å². The van der Waals surface area contributed by atoms with E-state index in [9.17, 15) is 5.26 Å². The van der Waals surface area contributed by atoms with E-state index in [0.717, 1.165) is 61.4 Å². The van der Waals surface area contributed by atoms with E-state index >= 15 is 0 Å². The van der Waals surface area contributed by atoms with Gasteiger partial charge >= 0.3 is 0 Å². The fraction of sp³-hybridized carbons (Fsp3) is 0.478. The van der Waals surface area contributed by atoms with Crippen LogP contribution in [0.15, 0.2) is 23.5 Å². The minimum Gasteiger partial charge on any atom is -0.480 e. The van der Waals surface area contributed by atoms with E-state index in [1.807, 2.05) is 10.9 Å². The quantitative estimate of drug-likeness (QED) is 0.661. The molecule has 0 amide bonds. The zero-order valence-electron chi connectivity index (χ0n) is 18.4. The Morgan fingerprint density at radius 2 is 2.22 bits per heavy atom. The van der Waals surface area contributed by atoms with Crippen LogP contribution in [0, 0.1) is 17.2 Å². The number of hydrogen-bond acceptors (Lipinski definition) is 8. The summed E-state index contributed by atoms with van der Waals surface area (Å²) in [4.78, 5) is 9.03. The molecule has 0 bridgehead atoms. The van der Waals surface area contributed by atoms with Gasteiger partial charge in [0.25, 0.3) is 0 Å². The highest BCUT2D eigenvalue weighted by atomic mass is 16.5. The Morgan fingerprint density at radius 3 is 2.97 bits per heavy atom. The van der Waals surface area contributed by atoms with E-state index in [2.05, 4.69) is 16.4 Å². The molecular formula is C23H29N7O2. The third kappa shape index (κ3) is 4.66. The maximum Gasteiger partial charge on any atom is 0.231 e. The van der Waals surface area contributed by atoms with Crippen molar-refractivity contribution >= 4 is 11.8 Å². The average molecular weight is 436 g/mol. The Balaban J connectivity index is 1.72. The number of nitrogens with one attached hydrogen (secondary N) is 1. The van der Waals surface area contributed by atoms with Crippen LogP contribution in [0.5, 0.6) is 5.88 Å². The molecule has 2 aliphatic rings. The molecule has 0 spiro atoms. The highest BCUT2D eigenvalue weighted by Crippen LogP contribution is 2.28. The Hall–Kier alpha value is -3.22. The van der Waals surface area contributed by atoms with Gasteiger partial charge in [-0.1, -0.05) is 0 Å². The molecule has 168 valence electrons. The fourth-order valence-corrected chi connectivity index (χ4v) is 4.23. The number of methoxy groups -OCH3 is 1. The van der Waals surface area contributed by atoms with Gasteiger partial charge in [-0.25, -0.2) is 9.67 Å². The van der Waals surface area contributed by atoms with E-state index < -0.39 is 0 Å². The number of aromatic nitrogens is 3. The second-order valence-corrected chi connectivity index (χ2v) is 7.97. The van der Waals surface area contributed by atoms with E-state index in [1.165, 1.54) is 7.11 Å². The Bertz CT molecular complexity index is 1050. The van der Waals surface area contributed by atoms with Gasteiger partial charge in [0.2, 0.25) is 5.88 Å². The van der Waals surface area contributed by atoms with Crippen molar-refractivity contribution in [2.45, 2.75) is 25.7 Å². The predicted molar refractivity (Wildman–Crippen MR) is 122 cm³/mol. The van der Waals surface area contributed by atoms with Crippen molar-refractivity contribution in [2.24, 2.45) is 16.6 Å². The molecule has 0 aromatic carbocycles. The number of pyridine rings is 1. The van der Waals surface area contributed by atoms with Gasteiger partial charge in [0.05, 0.1) is 43.6 Å². The number of ether oxygens (including phenoxy) is 2. The van der Waals surface area contributed by atoms with Crippen molar-refractivity contribution in [1.82, 2.24) is 20.1 Å². The molecule has 2 aliphatic heterocycles. The van der Waals surface area contributed by atoms with Gasteiger partial charge in [-0.2, -0.15) is 10.4 Å². The third-order valence-corrected chi connectivity index (χ3v) is 5.95. The summed E-state index contributed by atoms with van der Waals surface area (Å²) in [6.07, 6.45) is 8.81. The van der Waals surface area contributed by atoms with E-state index in [0.29, 0.717) is 36.8 Å². The lowest BCUT2D eigenvalue weighted by Crippen LogP contribution is -2.29. The molecular weight excluding hydrogens is 406 g/mol. The fourth-order valence-electron chi connectivity index (χ4n) is 4.23. The summed E-state index contributed by atoms with van der Waals surface area (Å²) >= 11 is 0. The van der Waals surface area contributed by atoms with Gasteiger partial charge < -0.3 is 20.5 Å². The summed E-state index contributed by atoms with van der Waals surface area (Å²) in [5, 5.41) is 17.8. The summed E-state index contributed by atoms with van der Waals surface area (Å²) in [7, 11) is 1.50. The molecule has 3 N–H and O–H groups in total. The monoisotopic (exact) mass is 435 g/mol. The van der Waals surface area contributed by atoms with Crippen LogP contribution in [0.3, 0.4) is 0 Å². The Labute approximate surface area is 187 Å². The molecule has 4 rings (SSSR count). The number of hydrogen-bond donors (Lipinski definition) is 2. The van der Waals surface area contributed by atoms with Crippen molar-refractivity contribution in [3.05, 3.63) is 41.0 Å². The number of nitriles is 1. The van der Waals surface area contributed by atoms with Gasteiger partial charge in [-0.15, -0.1) is 0 Å². The molecule has 1 fully saturated rings. The molecule has 4 heterocycles. The molecule has 9 nitrogen and oxygen atoms in total. The second-order valence-electron chi connectivity index (χ2n) is 7.97. The summed E-state index contributed by atoms with van der Waals surface area (Å²) in [6.45, 7) is 4.12. The standard InChI is InChI=1S/C23H29N7O2/c1-31-23-17(11-24)10-19(15-28-23)30-22(20-4-8-32-9-5-21(20)29-30)18(12-25)14-27-13-16-2-6-26-7-3-16/h10,12,14-16,26H,2-9,13,25H2,1H3. The lowest BCUT2D eigenvalue weighted by molar-refractivity contribution is 0.145. The average Bonchev–Trinajstić information content (AvgIpc) is 3.03. The third-order valence-electron chi connectivity index (χ3n) is 5.95. The van der Waals surface area contributed by atoms with Crippen LogP contribution in [0.2, 0.25) is 0 Å². The lowest BCUT2D eigenvalue weighted by Gasteiger charge is -2.20. The number of nitrogens with zero attached hydrogens (tertiary/aromatic N) is 5. The first-order valence-electron chi connectivity index (χ1n) is 11.0. The first-order valence-corrected chi connectivity index (χ1v) is 11.0. The number of piperidine rings is 1. The summed E-state index contributed by atoms with van der Waals surface area (Å²) in [6, 6.07) is 3.88. The molecule has 0 atom stereocenters. The Kier molecular flexibility index (Phi) is 7.14. The highest BCUT2D eigenvalue weighted by molar-refractivity contribution is 6.09. The number of aliphatic imine (C=N–C) groups is 1. The highest BCUT2D eigenvalue weighted by Gasteiger charge is 2.23. The minimum absolute atomic E-state index is 0.290. The predicted octanol–water partition coefficient (Wildman–Crippen LogP) is 1.63.